The Bertz CT molecular complexity index is 646. The normalized spacial score (nSPS) is 16.5. The molecule has 0 radical (unpaired) electrons. The van der Waals surface area contributed by atoms with Gasteiger partial charge in [0.05, 0.1) is 13.2 Å². The number of aromatic nitrogens is 2. The van der Waals surface area contributed by atoms with E-state index in [1.54, 1.807) is 0 Å². The second kappa shape index (κ2) is 8.45. The predicted octanol–water partition coefficient (Wildman–Crippen LogP) is 2.91. The van der Waals surface area contributed by atoms with Crippen LogP contribution in [-0.4, -0.2) is 59.3 Å². The Hall–Kier alpha value is -1.92. The fourth-order valence-electron chi connectivity index (χ4n) is 3.14. The Morgan fingerprint density at radius 2 is 1.76 bits per heavy atom. The second-order valence-electron chi connectivity index (χ2n) is 6.94. The van der Waals surface area contributed by atoms with Crippen molar-refractivity contribution in [1.29, 1.82) is 0 Å². The van der Waals surface area contributed by atoms with Crippen LogP contribution in [0.15, 0.2) is 28.8 Å². The summed E-state index contributed by atoms with van der Waals surface area (Å²) in [6.45, 7) is 13.4. The molecule has 6 nitrogen and oxygen atoms in total. The average molecular weight is 344 g/mol. The number of hydrogen-bond acceptors (Lipinski definition) is 6. The second-order valence-corrected chi connectivity index (χ2v) is 6.94. The first-order valence-corrected chi connectivity index (χ1v) is 9.14. The Labute approximate surface area is 149 Å². The smallest absolute Gasteiger partial charge is 0.241 e. The molecule has 0 spiro atoms. The van der Waals surface area contributed by atoms with Gasteiger partial charge >= 0.3 is 0 Å². The number of rotatable bonds is 7. The summed E-state index contributed by atoms with van der Waals surface area (Å²) in [5.41, 5.74) is 0.945. The maximum Gasteiger partial charge on any atom is 0.241 e. The monoisotopic (exact) mass is 344 g/mol. The first kappa shape index (κ1) is 17.9. The van der Waals surface area contributed by atoms with Gasteiger partial charge in [0.25, 0.3) is 0 Å². The molecule has 2 aromatic rings. The molecule has 1 fully saturated rings. The number of piperazine rings is 1. The van der Waals surface area contributed by atoms with Crippen LogP contribution in [0, 0.1) is 5.92 Å². The number of ether oxygens (including phenoxy) is 1. The largest absolute Gasteiger partial charge is 0.494 e. The lowest BCUT2D eigenvalue weighted by atomic mass is 10.2. The average Bonchev–Trinajstić information content (AvgIpc) is 3.06. The summed E-state index contributed by atoms with van der Waals surface area (Å²) in [5, 5.41) is 4.12. The van der Waals surface area contributed by atoms with Gasteiger partial charge in [-0.25, -0.2) is 0 Å². The third kappa shape index (κ3) is 5.03. The molecule has 1 aromatic heterocycles. The van der Waals surface area contributed by atoms with Crippen LogP contribution in [0.5, 0.6) is 5.75 Å². The topological polar surface area (TPSA) is 54.6 Å². The van der Waals surface area contributed by atoms with E-state index in [1.165, 1.54) is 6.54 Å². The van der Waals surface area contributed by atoms with Gasteiger partial charge in [0.15, 0.2) is 0 Å². The molecule has 1 aliphatic rings. The molecular weight excluding hydrogens is 316 g/mol. The molecule has 0 bridgehead atoms. The van der Waals surface area contributed by atoms with E-state index in [0.29, 0.717) is 18.3 Å². The molecule has 25 heavy (non-hydrogen) atoms. The van der Waals surface area contributed by atoms with Gasteiger partial charge < -0.3 is 14.2 Å². The number of benzene rings is 1. The van der Waals surface area contributed by atoms with Gasteiger partial charge in [-0.05, 0) is 37.1 Å². The summed E-state index contributed by atoms with van der Waals surface area (Å²) < 4.78 is 10.9. The van der Waals surface area contributed by atoms with Gasteiger partial charge in [-0.3, -0.25) is 4.90 Å². The van der Waals surface area contributed by atoms with E-state index in [-0.39, 0.29) is 0 Å². The summed E-state index contributed by atoms with van der Waals surface area (Å²) in [6, 6.07) is 7.79. The van der Waals surface area contributed by atoms with Crippen LogP contribution >= 0.6 is 0 Å². The third-order valence-corrected chi connectivity index (χ3v) is 4.34. The minimum atomic E-state index is 0.636. The van der Waals surface area contributed by atoms with Crippen LogP contribution in [0.25, 0.3) is 11.4 Å². The van der Waals surface area contributed by atoms with E-state index in [0.717, 1.165) is 50.0 Å². The van der Waals surface area contributed by atoms with E-state index in [9.17, 15) is 0 Å². The van der Waals surface area contributed by atoms with Crippen molar-refractivity contribution in [3.63, 3.8) is 0 Å². The highest BCUT2D eigenvalue weighted by Gasteiger charge is 2.19. The van der Waals surface area contributed by atoms with Crippen molar-refractivity contribution in [2.24, 2.45) is 5.92 Å². The molecule has 2 heterocycles. The fraction of sp³-hybridized carbons (Fsp3) is 0.579. The van der Waals surface area contributed by atoms with Crippen molar-refractivity contribution in [3.8, 4) is 17.1 Å². The summed E-state index contributed by atoms with van der Waals surface area (Å²) in [4.78, 5) is 9.45. The van der Waals surface area contributed by atoms with E-state index < -0.39 is 0 Å². The molecule has 6 heteroatoms. The highest BCUT2D eigenvalue weighted by atomic mass is 16.5. The molecule has 136 valence electrons. The van der Waals surface area contributed by atoms with Gasteiger partial charge in [-0.2, -0.15) is 4.98 Å². The summed E-state index contributed by atoms with van der Waals surface area (Å²) >= 11 is 0. The van der Waals surface area contributed by atoms with Crippen LogP contribution < -0.4 is 4.74 Å². The van der Waals surface area contributed by atoms with Gasteiger partial charge in [-0.1, -0.05) is 19.0 Å². The molecule has 1 saturated heterocycles. The minimum Gasteiger partial charge on any atom is -0.494 e. The Balaban J connectivity index is 1.54. The molecule has 0 aliphatic carbocycles. The standard InChI is InChI=1S/C19H28N4O2/c1-4-24-17-7-5-16(6-8-17)19-20-18(25-21-19)14-23-11-9-22(10-12-23)13-15(2)3/h5-8,15H,4,9-14H2,1-3H3. The molecule has 0 saturated carbocycles. The highest BCUT2D eigenvalue weighted by molar-refractivity contribution is 5.55. The zero-order chi connectivity index (χ0) is 17.6. The minimum absolute atomic E-state index is 0.636. The molecule has 1 aromatic carbocycles. The third-order valence-electron chi connectivity index (χ3n) is 4.34. The lowest BCUT2D eigenvalue weighted by molar-refractivity contribution is 0.108. The molecule has 0 amide bonds. The Kier molecular flexibility index (Phi) is 6.04. The van der Waals surface area contributed by atoms with Crippen molar-refractivity contribution in [2.45, 2.75) is 27.3 Å². The molecule has 0 unspecified atom stereocenters. The van der Waals surface area contributed by atoms with E-state index in [2.05, 4.69) is 33.8 Å². The summed E-state index contributed by atoms with van der Waals surface area (Å²) in [5.74, 6) is 2.89. The van der Waals surface area contributed by atoms with Crippen LogP contribution in [-0.2, 0) is 6.54 Å². The van der Waals surface area contributed by atoms with E-state index in [4.69, 9.17) is 9.26 Å². The Morgan fingerprint density at radius 3 is 2.40 bits per heavy atom. The van der Waals surface area contributed by atoms with E-state index in [1.807, 2.05) is 31.2 Å². The maximum atomic E-state index is 5.46. The van der Waals surface area contributed by atoms with Crippen molar-refractivity contribution in [2.75, 3.05) is 39.3 Å². The van der Waals surface area contributed by atoms with Crippen molar-refractivity contribution in [3.05, 3.63) is 30.2 Å². The molecule has 1 aliphatic heterocycles. The van der Waals surface area contributed by atoms with Crippen molar-refractivity contribution < 1.29 is 9.26 Å². The van der Waals surface area contributed by atoms with Crippen molar-refractivity contribution >= 4 is 0 Å². The first-order chi connectivity index (χ1) is 12.1. The summed E-state index contributed by atoms with van der Waals surface area (Å²) in [7, 11) is 0. The molecule has 0 N–H and O–H groups in total. The zero-order valence-electron chi connectivity index (χ0n) is 15.4. The first-order valence-electron chi connectivity index (χ1n) is 9.14. The van der Waals surface area contributed by atoms with E-state index >= 15 is 0 Å². The van der Waals surface area contributed by atoms with Crippen LogP contribution in [0.3, 0.4) is 0 Å². The van der Waals surface area contributed by atoms with Gasteiger partial charge in [0, 0.05) is 38.3 Å². The quantitative estimate of drug-likeness (QED) is 0.770. The zero-order valence-corrected chi connectivity index (χ0v) is 15.4. The molecule has 0 atom stereocenters. The number of nitrogens with zero attached hydrogens (tertiary/aromatic N) is 4. The lowest BCUT2D eigenvalue weighted by Crippen LogP contribution is -2.46. The van der Waals surface area contributed by atoms with Crippen LogP contribution in [0.4, 0.5) is 0 Å². The van der Waals surface area contributed by atoms with Gasteiger partial charge in [0.2, 0.25) is 11.7 Å². The van der Waals surface area contributed by atoms with Crippen molar-refractivity contribution in [1.82, 2.24) is 19.9 Å². The lowest BCUT2D eigenvalue weighted by Gasteiger charge is -2.34. The predicted molar refractivity (Wildman–Crippen MR) is 97.5 cm³/mol. The molecular formula is C19H28N4O2. The number of hydrogen-bond donors (Lipinski definition) is 0. The van der Waals surface area contributed by atoms with Gasteiger partial charge in [0.1, 0.15) is 5.75 Å². The highest BCUT2D eigenvalue weighted by Crippen LogP contribution is 2.20. The molecule has 3 rings (SSSR count). The maximum absolute atomic E-state index is 5.46. The van der Waals surface area contributed by atoms with Crippen LogP contribution in [0.2, 0.25) is 0 Å². The Morgan fingerprint density at radius 1 is 1.08 bits per heavy atom. The van der Waals surface area contributed by atoms with Crippen LogP contribution in [0.1, 0.15) is 26.7 Å². The SMILES string of the molecule is CCOc1ccc(-c2noc(CN3CCN(CC(C)C)CC3)n2)cc1. The van der Waals surface area contributed by atoms with Gasteiger partial charge in [-0.15, -0.1) is 0 Å². The summed E-state index contributed by atoms with van der Waals surface area (Å²) in [6.07, 6.45) is 0. The fourth-order valence-corrected chi connectivity index (χ4v) is 3.14.